The maximum Gasteiger partial charge on any atom is 0.145 e. The van der Waals surface area contributed by atoms with Gasteiger partial charge >= 0.3 is 0 Å². The summed E-state index contributed by atoms with van der Waals surface area (Å²) in [5, 5.41) is 14.4. The van der Waals surface area contributed by atoms with Crippen molar-refractivity contribution in [2.24, 2.45) is 0 Å². The predicted molar refractivity (Wildman–Crippen MR) is 91.6 cm³/mol. The van der Waals surface area contributed by atoms with Gasteiger partial charge in [0.25, 0.3) is 0 Å². The van der Waals surface area contributed by atoms with Gasteiger partial charge in [-0.3, -0.25) is 0 Å². The zero-order valence-electron chi connectivity index (χ0n) is 12.2. The largest absolute Gasteiger partial charge is 0.246 e. The SMILES string of the molecule is c1ccc(Cc2nc(Cn3cc(-c4nccs4)nn3)cs2)cc1. The minimum Gasteiger partial charge on any atom is -0.246 e. The minimum absolute atomic E-state index is 0.629. The molecule has 114 valence electrons. The molecule has 0 amide bonds. The van der Waals surface area contributed by atoms with Gasteiger partial charge in [-0.05, 0) is 5.56 Å². The van der Waals surface area contributed by atoms with Crippen LogP contribution in [-0.4, -0.2) is 25.0 Å². The molecule has 0 bridgehead atoms. The van der Waals surface area contributed by atoms with E-state index in [0.717, 1.165) is 27.8 Å². The lowest BCUT2D eigenvalue weighted by Gasteiger charge is -1.97. The molecule has 5 nitrogen and oxygen atoms in total. The van der Waals surface area contributed by atoms with Crippen molar-refractivity contribution in [2.75, 3.05) is 0 Å². The predicted octanol–water partition coefficient (Wildman–Crippen LogP) is 3.50. The van der Waals surface area contributed by atoms with E-state index < -0.39 is 0 Å². The Balaban J connectivity index is 1.45. The van der Waals surface area contributed by atoms with Crippen molar-refractivity contribution in [3.8, 4) is 10.7 Å². The molecule has 3 heterocycles. The van der Waals surface area contributed by atoms with Crippen LogP contribution in [0, 0.1) is 0 Å². The van der Waals surface area contributed by atoms with E-state index >= 15 is 0 Å². The third kappa shape index (κ3) is 3.35. The van der Waals surface area contributed by atoms with E-state index in [9.17, 15) is 0 Å². The summed E-state index contributed by atoms with van der Waals surface area (Å²) in [5.41, 5.74) is 3.09. The molecule has 0 aliphatic heterocycles. The number of nitrogens with zero attached hydrogens (tertiary/aromatic N) is 5. The number of aromatic nitrogens is 5. The quantitative estimate of drug-likeness (QED) is 0.558. The van der Waals surface area contributed by atoms with Crippen LogP contribution in [-0.2, 0) is 13.0 Å². The molecule has 0 unspecified atom stereocenters. The molecule has 0 fully saturated rings. The van der Waals surface area contributed by atoms with Crippen LogP contribution in [0.1, 0.15) is 16.3 Å². The summed E-state index contributed by atoms with van der Waals surface area (Å²) in [6.07, 6.45) is 4.55. The van der Waals surface area contributed by atoms with Crippen LogP contribution in [0.5, 0.6) is 0 Å². The second-order valence-electron chi connectivity index (χ2n) is 5.03. The molecule has 0 aliphatic rings. The fraction of sp³-hybridized carbons (Fsp3) is 0.125. The van der Waals surface area contributed by atoms with Gasteiger partial charge in [-0.25, -0.2) is 14.6 Å². The lowest BCUT2D eigenvalue weighted by atomic mass is 10.2. The molecule has 0 aliphatic carbocycles. The van der Waals surface area contributed by atoms with Crippen molar-refractivity contribution in [3.63, 3.8) is 0 Å². The average Bonchev–Trinajstić information content (AvgIpc) is 3.30. The van der Waals surface area contributed by atoms with E-state index in [-0.39, 0.29) is 0 Å². The van der Waals surface area contributed by atoms with Crippen molar-refractivity contribution in [2.45, 2.75) is 13.0 Å². The highest BCUT2D eigenvalue weighted by molar-refractivity contribution is 7.13. The summed E-state index contributed by atoms with van der Waals surface area (Å²) in [6, 6.07) is 10.4. The average molecular weight is 339 g/mol. The summed E-state index contributed by atoms with van der Waals surface area (Å²) in [6.45, 7) is 0.629. The lowest BCUT2D eigenvalue weighted by Crippen LogP contribution is -2.01. The number of benzene rings is 1. The Morgan fingerprint density at radius 3 is 2.83 bits per heavy atom. The van der Waals surface area contributed by atoms with Crippen LogP contribution in [0.15, 0.2) is 53.5 Å². The van der Waals surface area contributed by atoms with Crippen LogP contribution in [0.3, 0.4) is 0 Å². The third-order valence-electron chi connectivity index (χ3n) is 3.31. The van der Waals surface area contributed by atoms with Crippen molar-refractivity contribution in [1.82, 2.24) is 25.0 Å². The first-order valence-electron chi connectivity index (χ1n) is 7.14. The fourth-order valence-corrected chi connectivity index (χ4v) is 3.67. The molecule has 0 saturated heterocycles. The van der Waals surface area contributed by atoms with Crippen LogP contribution in [0.2, 0.25) is 0 Å². The van der Waals surface area contributed by atoms with Gasteiger partial charge in [-0.15, -0.1) is 27.8 Å². The topological polar surface area (TPSA) is 56.5 Å². The molecule has 0 radical (unpaired) electrons. The summed E-state index contributed by atoms with van der Waals surface area (Å²) in [7, 11) is 0. The van der Waals surface area contributed by atoms with Gasteiger partial charge in [0, 0.05) is 23.4 Å². The van der Waals surface area contributed by atoms with Gasteiger partial charge in [0.05, 0.1) is 23.4 Å². The first-order valence-corrected chi connectivity index (χ1v) is 8.90. The molecular weight excluding hydrogens is 326 g/mol. The van der Waals surface area contributed by atoms with E-state index in [4.69, 9.17) is 0 Å². The zero-order valence-corrected chi connectivity index (χ0v) is 13.8. The van der Waals surface area contributed by atoms with Gasteiger partial charge in [-0.1, -0.05) is 35.5 Å². The minimum atomic E-state index is 0.629. The Hall–Kier alpha value is -2.38. The van der Waals surface area contributed by atoms with Crippen molar-refractivity contribution >= 4 is 22.7 Å². The fourth-order valence-electron chi connectivity index (χ4n) is 2.26. The highest BCUT2D eigenvalue weighted by Crippen LogP contribution is 2.19. The molecule has 4 aromatic rings. The first kappa shape index (κ1) is 14.2. The van der Waals surface area contributed by atoms with Crippen LogP contribution >= 0.6 is 22.7 Å². The third-order valence-corrected chi connectivity index (χ3v) is 5.00. The van der Waals surface area contributed by atoms with Crippen LogP contribution in [0.25, 0.3) is 10.7 Å². The van der Waals surface area contributed by atoms with Gasteiger partial charge < -0.3 is 0 Å². The standard InChI is InChI=1S/C16H13N5S2/c1-2-4-12(5-3-1)8-15-18-13(11-23-15)9-21-10-14(19-20-21)16-17-6-7-22-16/h1-7,10-11H,8-9H2. The molecule has 0 N–H and O–H groups in total. The van der Waals surface area contributed by atoms with E-state index in [1.165, 1.54) is 5.56 Å². The Morgan fingerprint density at radius 2 is 2.00 bits per heavy atom. The highest BCUT2D eigenvalue weighted by Gasteiger charge is 2.08. The first-order chi connectivity index (χ1) is 11.4. The van der Waals surface area contributed by atoms with Gasteiger partial charge in [0.15, 0.2) is 0 Å². The number of rotatable bonds is 5. The van der Waals surface area contributed by atoms with Crippen molar-refractivity contribution in [1.29, 1.82) is 0 Å². The highest BCUT2D eigenvalue weighted by atomic mass is 32.1. The number of thiazole rings is 2. The van der Waals surface area contributed by atoms with Gasteiger partial charge in [-0.2, -0.15) is 0 Å². The molecule has 3 aromatic heterocycles. The van der Waals surface area contributed by atoms with Gasteiger partial charge in [0.1, 0.15) is 10.7 Å². The molecule has 4 rings (SSSR count). The molecule has 1 aromatic carbocycles. The molecule has 0 spiro atoms. The van der Waals surface area contributed by atoms with Crippen LogP contribution in [0.4, 0.5) is 0 Å². The smallest absolute Gasteiger partial charge is 0.145 e. The second-order valence-corrected chi connectivity index (χ2v) is 6.87. The van der Waals surface area contributed by atoms with Crippen molar-refractivity contribution < 1.29 is 0 Å². The lowest BCUT2D eigenvalue weighted by molar-refractivity contribution is 0.640. The Labute approximate surface area is 141 Å². The van der Waals surface area contributed by atoms with Gasteiger partial charge in [0.2, 0.25) is 0 Å². The molecule has 0 saturated carbocycles. The summed E-state index contributed by atoms with van der Waals surface area (Å²) < 4.78 is 1.80. The molecule has 23 heavy (non-hydrogen) atoms. The number of hydrogen-bond donors (Lipinski definition) is 0. The summed E-state index contributed by atoms with van der Waals surface area (Å²) >= 11 is 3.25. The molecular formula is C16H13N5S2. The Bertz CT molecular complexity index is 880. The Kier molecular flexibility index (Phi) is 3.95. The van der Waals surface area contributed by atoms with Crippen LogP contribution < -0.4 is 0 Å². The summed E-state index contributed by atoms with van der Waals surface area (Å²) in [4.78, 5) is 8.94. The molecule has 0 atom stereocenters. The maximum atomic E-state index is 4.69. The van der Waals surface area contributed by atoms with E-state index in [2.05, 4.69) is 49.9 Å². The zero-order chi connectivity index (χ0) is 15.5. The van der Waals surface area contributed by atoms with E-state index in [0.29, 0.717) is 6.54 Å². The van der Waals surface area contributed by atoms with Crippen molar-refractivity contribution in [3.05, 3.63) is 69.8 Å². The Morgan fingerprint density at radius 1 is 1.09 bits per heavy atom. The van der Waals surface area contributed by atoms with E-state index in [1.807, 2.05) is 17.6 Å². The monoisotopic (exact) mass is 339 g/mol. The maximum absolute atomic E-state index is 4.69. The normalized spacial score (nSPS) is 11.0. The molecule has 7 heteroatoms. The second kappa shape index (κ2) is 6.39. The van der Waals surface area contributed by atoms with E-state index in [1.54, 1.807) is 33.6 Å². The number of hydrogen-bond acceptors (Lipinski definition) is 6. The summed E-state index contributed by atoms with van der Waals surface area (Å²) in [5.74, 6) is 0.